The van der Waals surface area contributed by atoms with Crippen LogP contribution in [0.15, 0.2) is 40.1 Å². The normalized spacial score (nSPS) is 16.7. The predicted molar refractivity (Wildman–Crippen MR) is 118 cm³/mol. The predicted octanol–water partition coefficient (Wildman–Crippen LogP) is -1.15. The average molecular weight is 475 g/mol. The average Bonchev–Trinajstić information content (AvgIpc) is 3.32. The Bertz CT molecular complexity index is 1560. The molecule has 1 aromatic carbocycles. The molecule has 1 atom stereocenters. The van der Waals surface area contributed by atoms with Gasteiger partial charge in [-0.3, -0.25) is 4.21 Å². The van der Waals surface area contributed by atoms with Gasteiger partial charge in [-0.1, -0.05) is 12.1 Å². The van der Waals surface area contributed by atoms with Crippen LogP contribution in [0.4, 0.5) is 5.95 Å². The molecule has 1 aliphatic rings. The minimum absolute atomic E-state index is 0.0142. The zero-order chi connectivity index (χ0) is 22.7. The fourth-order valence-electron chi connectivity index (χ4n) is 3.66. The molecule has 0 bridgehead atoms. The number of aromatic amines is 1. The van der Waals surface area contributed by atoms with Crippen molar-refractivity contribution in [2.24, 2.45) is 5.14 Å². The van der Waals surface area contributed by atoms with E-state index in [4.69, 9.17) is 10.9 Å². The van der Waals surface area contributed by atoms with Crippen molar-refractivity contribution < 1.29 is 12.6 Å². The second-order valence-electron chi connectivity index (χ2n) is 7.25. The molecular weight excluding hydrogens is 456 g/mol. The fourth-order valence-corrected chi connectivity index (χ4v) is 7.11. The van der Waals surface area contributed by atoms with Crippen LogP contribution < -0.4 is 16.2 Å². The number of rotatable bonds is 5. The number of hydrogen-bond acceptors (Lipinski definition) is 10. The summed E-state index contributed by atoms with van der Waals surface area (Å²) in [5.41, 5.74) is 7.04. The lowest BCUT2D eigenvalue weighted by molar-refractivity contribution is 0.523. The van der Waals surface area contributed by atoms with Gasteiger partial charge < -0.3 is 11.1 Å². The molecule has 1 saturated heterocycles. The summed E-state index contributed by atoms with van der Waals surface area (Å²) in [7, 11) is -7.43. The molecule has 6 N–H and O–H groups in total. The number of hydrogen-bond donors (Lipinski definition) is 4. The summed E-state index contributed by atoms with van der Waals surface area (Å²) in [6, 6.07) is 8.19. The first-order chi connectivity index (χ1) is 15.2. The number of nitrogen functional groups attached to an aromatic ring is 1. The zero-order valence-corrected chi connectivity index (χ0v) is 18.1. The van der Waals surface area contributed by atoms with Gasteiger partial charge in [-0.15, -0.1) is 15.3 Å². The van der Waals surface area contributed by atoms with Crippen LogP contribution in [0.5, 0.6) is 0 Å². The van der Waals surface area contributed by atoms with E-state index in [9.17, 15) is 12.6 Å². The molecule has 5 rings (SSSR count). The van der Waals surface area contributed by atoms with Crippen LogP contribution in [0, 0.1) is 0 Å². The molecule has 4 aromatic rings. The number of benzene rings is 1. The summed E-state index contributed by atoms with van der Waals surface area (Å²) < 4.78 is 40.8. The van der Waals surface area contributed by atoms with Crippen LogP contribution in [0.1, 0.15) is 0 Å². The molecule has 13 nitrogen and oxygen atoms in total. The second-order valence-corrected chi connectivity index (χ2v) is 11.3. The lowest BCUT2D eigenvalue weighted by atomic mass is 10.0. The number of sulfonamides is 1. The summed E-state index contributed by atoms with van der Waals surface area (Å²) in [6.07, 6.45) is 0. The third kappa shape index (κ3) is 3.13. The lowest BCUT2D eigenvalue weighted by Gasteiger charge is -2.31. The number of tetrazole rings is 1. The monoisotopic (exact) mass is 474 g/mol. The highest BCUT2D eigenvalue weighted by Crippen LogP contribution is 2.39. The van der Waals surface area contributed by atoms with E-state index in [0.29, 0.717) is 30.0 Å². The standard InChI is InChI=1S/C17H18N10O3S2/c1-31(28,9-7-20-8-9)12-6-5-10(11-3-2-4-13-21-17(18)24-27(11)13)14(15(12)32(19,29)30)16-22-25-26-23-16/h2-6,9,20H,1,7-8H2,(H2,18,24)(H2,19,29,30)(H,22,23,25,26). The minimum Gasteiger partial charge on any atom is -0.366 e. The summed E-state index contributed by atoms with van der Waals surface area (Å²) >= 11 is 0. The Morgan fingerprint density at radius 1 is 1.16 bits per heavy atom. The highest BCUT2D eigenvalue weighted by atomic mass is 32.2. The highest BCUT2D eigenvalue weighted by molar-refractivity contribution is 8.01. The third-order valence-corrected chi connectivity index (χ3v) is 8.90. The van der Waals surface area contributed by atoms with Gasteiger partial charge in [0.25, 0.3) is 0 Å². The van der Waals surface area contributed by atoms with Crippen molar-refractivity contribution in [2.75, 3.05) is 18.8 Å². The maximum absolute atomic E-state index is 13.6. The molecule has 0 amide bonds. The van der Waals surface area contributed by atoms with Gasteiger partial charge in [0.1, 0.15) is 4.90 Å². The molecule has 15 heteroatoms. The van der Waals surface area contributed by atoms with Gasteiger partial charge in [0, 0.05) is 28.2 Å². The Hall–Kier alpha value is -3.40. The van der Waals surface area contributed by atoms with Gasteiger partial charge in [-0.2, -0.15) is 10.2 Å². The molecule has 0 aliphatic carbocycles. The SMILES string of the molecule is C=S(=O)(c1ccc(-c2cccc3nc(N)nn23)c(-c2nn[nH]n2)c1S(N)(=O)=O)C1CNC1. The van der Waals surface area contributed by atoms with E-state index in [1.807, 2.05) is 0 Å². The molecule has 3 aromatic heterocycles. The van der Waals surface area contributed by atoms with E-state index in [-0.39, 0.29) is 32.4 Å². The van der Waals surface area contributed by atoms with Crippen molar-refractivity contribution in [3.05, 3.63) is 30.3 Å². The van der Waals surface area contributed by atoms with Gasteiger partial charge >= 0.3 is 0 Å². The number of nitrogens with two attached hydrogens (primary N) is 2. The van der Waals surface area contributed by atoms with Crippen molar-refractivity contribution >= 4 is 37.0 Å². The van der Waals surface area contributed by atoms with Crippen molar-refractivity contribution in [1.82, 2.24) is 40.5 Å². The van der Waals surface area contributed by atoms with E-state index >= 15 is 0 Å². The van der Waals surface area contributed by atoms with E-state index in [1.54, 1.807) is 24.3 Å². The first-order valence-corrected chi connectivity index (χ1v) is 12.6. The van der Waals surface area contributed by atoms with Crippen LogP contribution >= 0.6 is 0 Å². The fraction of sp³-hybridized carbons (Fsp3) is 0.176. The Morgan fingerprint density at radius 3 is 2.56 bits per heavy atom. The van der Waals surface area contributed by atoms with Gasteiger partial charge in [-0.25, -0.2) is 18.1 Å². The molecule has 0 saturated carbocycles. The Kier molecular flexibility index (Phi) is 4.52. The maximum Gasteiger partial charge on any atom is 0.240 e. The molecule has 1 aliphatic heterocycles. The van der Waals surface area contributed by atoms with E-state index < -0.39 is 19.5 Å². The molecule has 0 spiro atoms. The van der Waals surface area contributed by atoms with E-state index in [1.165, 1.54) is 10.6 Å². The zero-order valence-electron chi connectivity index (χ0n) is 16.5. The summed E-state index contributed by atoms with van der Waals surface area (Å²) in [6.45, 7) is 0.895. The maximum atomic E-state index is 13.6. The molecule has 166 valence electrons. The summed E-state index contributed by atoms with van der Waals surface area (Å²) in [5.74, 6) is 3.87. The topological polar surface area (TPSA) is 200 Å². The number of pyridine rings is 1. The molecule has 4 heterocycles. The smallest absolute Gasteiger partial charge is 0.240 e. The van der Waals surface area contributed by atoms with E-state index in [0.717, 1.165) is 0 Å². The molecular formula is C17H18N10O3S2. The number of fused-ring (bicyclic) bond motifs is 1. The van der Waals surface area contributed by atoms with Crippen LogP contribution in [-0.4, -0.2) is 72.1 Å². The number of primary sulfonamides is 1. The van der Waals surface area contributed by atoms with Crippen LogP contribution in [0.3, 0.4) is 0 Å². The van der Waals surface area contributed by atoms with Crippen LogP contribution in [0.2, 0.25) is 0 Å². The number of nitrogens with one attached hydrogen (secondary N) is 2. The van der Waals surface area contributed by atoms with Gasteiger partial charge in [-0.05, 0) is 29.3 Å². The molecule has 1 fully saturated rings. The number of H-pyrrole nitrogens is 1. The van der Waals surface area contributed by atoms with Crippen molar-refractivity contribution in [1.29, 1.82) is 0 Å². The second kappa shape index (κ2) is 7.06. The van der Waals surface area contributed by atoms with Crippen molar-refractivity contribution in [2.45, 2.75) is 15.0 Å². The quantitative estimate of drug-likeness (QED) is 0.256. The van der Waals surface area contributed by atoms with Gasteiger partial charge in [0.2, 0.25) is 21.8 Å². The number of nitrogens with zero attached hydrogens (tertiary/aromatic N) is 6. The van der Waals surface area contributed by atoms with Gasteiger partial charge in [0.15, 0.2) is 5.65 Å². The van der Waals surface area contributed by atoms with Crippen LogP contribution in [0.25, 0.3) is 28.3 Å². The first-order valence-electron chi connectivity index (χ1n) is 9.30. The summed E-state index contributed by atoms with van der Waals surface area (Å²) in [4.78, 5) is 3.78. The molecule has 32 heavy (non-hydrogen) atoms. The summed E-state index contributed by atoms with van der Waals surface area (Å²) in [5, 5.41) is 26.3. The number of aromatic nitrogens is 7. The molecule has 1 unspecified atom stereocenters. The van der Waals surface area contributed by atoms with E-state index in [2.05, 4.69) is 41.9 Å². The first kappa shape index (κ1) is 20.5. The van der Waals surface area contributed by atoms with Crippen molar-refractivity contribution in [3.63, 3.8) is 0 Å². The largest absolute Gasteiger partial charge is 0.366 e. The minimum atomic E-state index is -4.40. The van der Waals surface area contributed by atoms with Gasteiger partial charge in [0.05, 0.1) is 21.4 Å². The Labute approximate surface area is 182 Å². The van der Waals surface area contributed by atoms with Crippen molar-refractivity contribution in [3.8, 4) is 22.6 Å². The lowest BCUT2D eigenvalue weighted by Crippen LogP contribution is -2.51. The highest BCUT2D eigenvalue weighted by Gasteiger charge is 2.35. The third-order valence-electron chi connectivity index (χ3n) is 5.28. The Morgan fingerprint density at radius 2 is 1.94 bits per heavy atom. The number of anilines is 1. The Balaban J connectivity index is 1.91. The molecule has 0 radical (unpaired) electrons. The van der Waals surface area contributed by atoms with Crippen LogP contribution in [-0.2, 0) is 19.5 Å².